The van der Waals surface area contributed by atoms with Crippen molar-refractivity contribution in [3.63, 3.8) is 0 Å². The molecule has 4 aromatic rings. The summed E-state index contributed by atoms with van der Waals surface area (Å²) in [6.07, 6.45) is -1.10. The minimum absolute atomic E-state index is 0.0318. The number of fused-ring (bicyclic) bond motifs is 1. The highest BCUT2D eigenvalue weighted by molar-refractivity contribution is 5.92. The Morgan fingerprint density at radius 3 is 2.52 bits per heavy atom. The average molecular weight is 453 g/mol. The Labute approximate surface area is 188 Å². The van der Waals surface area contributed by atoms with Gasteiger partial charge in [-0.2, -0.15) is 13.2 Å². The lowest BCUT2D eigenvalue weighted by atomic mass is 10.1. The molecule has 4 rings (SSSR count). The second-order valence-electron chi connectivity index (χ2n) is 7.96. The Kier molecular flexibility index (Phi) is 6.15. The van der Waals surface area contributed by atoms with E-state index in [1.54, 1.807) is 43.7 Å². The topological polar surface area (TPSA) is 63.1 Å². The lowest BCUT2D eigenvalue weighted by molar-refractivity contribution is -0.138. The number of pyridine rings is 1. The fourth-order valence-corrected chi connectivity index (χ4v) is 3.60. The molecule has 6 nitrogen and oxygen atoms in total. The van der Waals surface area contributed by atoms with Crippen LogP contribution >= 0.6 is 0 Å². The predicted molar refractivity (Wildman–Crippen MR) is 120 cm³/mol. The SMILES string of the molecule is CN(C)Cc1ccc(NC(=O)Cc2ccc(-n3cnc4cccnc43)cc2)cc1C(F)(F)F. The summed E-state index contributed by atoms with van der Waals surface area (Å²) in [5, 5.41) is 2.57. The van der Waals surface area contributed by atoms with Crippen molar-refractivity contribution in [1.82, 2.24) is 19.4 Å². The molecule has 170 valence electrons. The maximum Gasteiger partial charge on any atom is 0.416 e. The highest BCUT2D eigenvalue weighted by Crippen LogP contribution is 2.34. The van der Waals surface area contributed by atoms with Gasteiger partial charge < -0.3 is 10.2 Å². The Hall–Kier alpha value is -3.72. The number of nitrogens with one attached hydrogen (secondary N) is 1. The third-order valence-electron chi connectivity index (χ3n) is 5.07. The van der Waals surface area contributed by atoms with Gasteiger partial charge in [-0.25, -0.2) is 9.97 Å². The first-order chi connectivity index (χ1) is 15.7. The largest absolute Gasteiger partial charge is 0.416 e. The van der Waals surface area contributed by atoms with Crippen LogP contribution in [0.15, 0.2) is 67.1 Å². The summed E-state index contributed by atoms with van der Waals surface area (Å²) in [6.45, 7) is 0.150. The number of anilines is 1. The standard InChI is InChI=1S/C24H22F3N5O/c1-31(2)14-17-7-8-18(13-20(17)24(25,26)27)30-22(33)12-16-5-9-19(10-6-16)32-15-29-21-4-3-11-28-23(21)32/h3-11,13,15H,12,14H2,1-2H3,(H,30,33). The molecule has 0 spiro atoms. The van der Waals surface area contributed by atoms with Gasteiger partial charge in [0.25, 0.3) is 0 Å². The Balaban J connectivity index is 1.47. The zero-order valence-electron chi connectivity index (χ0n) is 18.1. The molecule has 0 unspecified atom stereocenters. The third kappa shape index (κ3) is 5.20. The number of rotatable bonds is 6. The van der Waals surface area contributed by atoms with Gasteiger partial charge >= 0.3 is 6.18 Å². The van der Waals surface area contributed by atoms with E-state index in [1.807, 2.05) is 28.8 Å². The van der Waals surface area contributed by atoms with Crippen molar-refractivity contribution >= 4 is 22.8 Å². The molecule has 0 saturated heterocycles. The molecule has 0 saturated carbocycles. The van der Waals surface area contributed by atoms with Crippen LogP contribution in [0.3, 0.4) is 0 Å². The number of nitrogens with zero attached hydrogens (tertiary/aromatic N) is 4. The van der Waals surface area contributed by atoms with Crippen molar-refractivity contribution in [2.45, 2.75) is 19.1 Å². The monoisotopic (exact) mass is 453 g/mol. The number of amides is 1. The van der Waals surface area contributed by atoms with Crippen LogP contribution in [0.1, 0.15) is 16.7 Å². The number of hydrogen-bond donors (Lipinski definition) is 1. The van der Waals surface area contributed by atoms with Gasteiger partial charge in [0.1, 0.15) is 11.8 Å². The fourth-order valence-electron chi connectivity index (χ4n) is 3.60. The van der Waals surface area contributed by atoms with Crippen LogP contribution in [-0.4, -0.2) is 39.4 Å². The van der Waals surface area contributed by atoms with Crippen molar-refractivity contribution < 1.29 is 18.0 Å². The van der Waals surface area contributed by atoms with Crippen LogP contribution in [-0.2, 0) is 23.9 Å². The molecule has 2 aromatic carbocycles. The second kappa shape index (κ2) is 9.03. The number of carbonyl (C=O) groups excluding carboxylic acids is 1. The molecule has 0 bridgehead atoms. The molecular formula is C24H22F3N5O. The van der Waals surface area contributed by atoms with Gasteiger partial charge in [-0.05, 0) is 61.6 Å². The molecule has 2 heterocycles. The summed E-state index contributed by atoms with van der Waals surface area (Å²) in [6, 6.07) is 14.8. The van der Waals surface area contributed by atoms with Gasteiger partial charge in [0.2, 0.25) is 5.91 Å². The summed E-state index contributed by atoms with van der Waals surface area (Å²) in [5.74, 6) is -0.397. The van der Waals surface area contributed by atoms with Crippen LogP contribution in [0.4, 0.5) is 18.9 Å². The van der Waals surface area contributed by atoms with E-state index in [0.717, 1.165) is 28.5 Å². The first-order valence-corrected chi connectivity index (χ1v) is 10.2. The number of imidazole rings is 1. The number of hydrogen-bond acceptors (Lipinski definition) is 4. The fraction of sp³-hybridized carbons (Fsp3) is 0.208. The van der Waals surface area contributed by atoms with E-state index in [1.165, 1.54) is 12.1 Å². The van der Waals surface area contributed by atoms with E-state index >= 15 is 0 Å². The molecule has 1 amide bonds. The smallest absolute Gasteiger partial charge is 0.326 e. The van der Waals surface area contributed by atoms with Gasteiger partial charge in [-0.3, -0.25) is 9.36 Å². The first-order valence-electron chi connectivity index (χ1n) is 10.2. The summed E-state index contributed by atoms with van der Waals surface area (Å²) in [5.41, 5.74) is 2.59. The minimum Gasteiger partial charge on any atom is -0.326 e. The summed E-state index contributed by atoms with van der Waals surface area (Å²) < 4.78 is 42.3. The highest BCUT2D eigenvalue weighted by Gasteiger charge is 2.33. The minimum atomic E-state index is -4.51. The van der Waals surface area contributed by atoms with Gasteiger partial charge in [0, 0.05) is 24.1 Å². The number of alkyl halides is 3. The van der Waals surface area contributed by atoms with Crippen LogP contribution in [0.5, 0.6) is 0 Å². The van der Waals surface area contributed by atoms with Crippen molar-refractivity contribution in [1.29, 1.82) is 0 Å². The van der Waals surface area contributed by atoms with E-state index < -0.39 is 17.6 Å². The van der Waals surface area contributed by atoms with E-state index in [4.69, 9.17) is 0 Å². The highest BCUT2D eigenvalue weighted by atomic mass is 19.4. The first kappa shape index (κ1) is 22.5. The molecule has 0 aliphatic rings. The average Bonchev–Trinajstić information content (AvgIpc) is 3.18. The van der Waals surface area contributed by atoms with Crippen LogP contribution < -0.4 is 5.32 Å². The van der Waals surface area contributed by atoms with Crippen LogP contribution in [0.2, 0.25) is 0 Å². The molecule has 0 aliphatic heterocycles. The number of aromatic nitrogens is 3. The van der Waals surface area contributed by atoms with Gasteiger partial charge in [0.05, 0.1) is 12.0 Å². The molecule has 9 heteroatoms. The van der Waals surface area contributed by atoms with Crippen LogP contribution in [0.25, 0.3) is 16.9 Å². The number of carbonyl (C=O) groups is 1. The van der Waals surface area contributed by atoms with Crippen molar-refractivity contribution in [3.05, 3.63) is 83.8 Å². The molecule has 0 radical (unpaired) electrons. The Bertz CT molecular complexity index is 1280. The zero-order valence-corrected chi connectivity index (χ0v) is 18.1. The van der Waals surface area contributed by atoms with Gasteiger partial charge in [-0.1, -0.05) is 18.2 Å². The van der Waals surface area contributed by atoms with E-state index in [0.29, 0.717) is 0 Å². The number of benzene rings is 2. The Morgan fingerprint density at radius 2 is 1.82 bits per heavy atom. The normalized spacial score (nSPS) is 11.8. The predicted octanol–water partition coefficient (Wildman–Crippen LogP) is 4.68. The van der Waals surface area contributed by atoms with E-state index in [-0.39, 0.29) is 24.2 Å². The molecule has 0 fully saturated rings. The molecule has 2 aromatic heterocycles. The maximum atomic E-state index is 13.5. The second-order valence-corrected chi connectivity index (χ2v) is 7.96. The van der Waals surface area contributed by atoms with Crippen molar-refractivity contribution in [3.8, 4) is 5.69 Å². The summed E-state index contributed by atoms with van der Waals surface area (Å²) >= 11 is 0. The van der Waals surface area contributed by atoms with E-state index in [2.05, 4.69) is 15.3 Å². The van der Waals surface area contributed by atoms with E-state index in [9.17, 15) is 18.0 Å². The molecule has 0 aliphatic carbocycles. The lowest BCUT2D eigenvalue weighted by Crippen LogP contribution is -2.18. The summed E-state index contributed by atoms with van der Waals surface area (Å²) in [7, 11) is 3.40. The van der Waals surface area contributed by atoms with Crippen molar-refractivity contribution in [2.24, 2.45) is 0 Å². The van der Waals surface area contributed by atoms with Gasteiger partial charge in [0.15, 0.2) is 5.65 Å². The third-order valence-corrected chi connectivity index (χ3v) is 5.07. The maximum absolute atomic E-state index is 13.5. The Morgan fingerprint density at radius 1 is 1.06 bits per heavy atom. The summed E-state index contributed by atoms with van der Waals surface area (Å²) in [4.78, 5) is 22.8. The molecular weight excluding hydrogens is 431 g/mol. The van der Waals surface area contributed by atoms with Crippen molar-refractivity contribution in [2.75, 3.05) is 19.4 Å². The number of halogens is 3. The molecule has 1 N–H and O–H groups in total. The molecule has 0 atom stereocenters. The van der Waals surface area contributed by atoms with Gasteiger partial charge in [-0.15, -0.1) is 0 Å². The quantitative estimate of drug-likeness (QED) is 0.461. The zero-order chi connectivity index (χ0) is 23.6. The molecule has 33 heavy (non-hydrogen) atoms. The lowest BCUT2D eigenvalue weighted by Gasteiger charge is -2.17. The van der Waals surface area contributed by atoms with Crippen LogP contribution in [0, 0.1) is 0 Å².